The molecule has 0 saturated heterocycles. The molecule has 0 unspecified atom stereocenters. The van der Waals surface area contributed by atoms with Crippen molar-refractivity contribution in [2.45, 2.75) is 58.1 Å². The van der Waals surface area contributed by atoms with Crippen molar-refractivity contribution in [1.82, 2.24) is 25.7 Å². The molecule has 0 spiro atoms. The number of rotatable bonds is 14. The number of carbonyl (C=O) groups is 2. The van der Waals surface area contributed by atoms with E-state index in [0.717, 1.165) is 16.0 Å². The van der Waals surface area contributed by atoms with Gasteiger partial charge in [-0.05, 0) is 18.1 Å². The Balaban J connectivity index is 1.40. The number of furan rings is 1. The topological polar surface area (TPSA) is 152 Å². The van der Waals surface area contributed by atoms with Gasteiger partial charge >= 0.3 is 12.2 Å². The smallest absolute Gasteiger partial charge is 0.422 e. The summed E-state index contributed by atoms with van der Waals surface area (Å²) in [5, 5.41) is 15.5. The van der Waals surface area contributed by atoms with Crippen molar-refractivity contribution >= 4 is 23.5 Å². The molecule has 0 radical (unpaired) electrons. The molecule has 218 valence electrons. The fourth-order valence-electron chi connectivity index (χ4n) is 3.86. The summed E-state index contributed by atoms with van der Waals surface area (Å²) in [6, 6.07) is 10.4. The number of hydrazine groups is 1. The molecule has 4 rings (SSSR count). The van der Waals surface area contributed by atoms with Crippen molar-refractivity contribution in [2.75, 3.05) is 6.54 Å². The third-order valence-electron chi connectivity index (χ3n) is 5.92. The van der Waals surface area contributed by atoms with Gasteiger partial charge in [-0.15, -0.1) is 11.3 Å². The molecule has 3 heterocycles. The molecule has 0 fully saturated rings. The van der Waals surface area contributed by atoms with Crippen LogP contribution in [0.3, 0.4) is 0 Å². The predicted octanol–water partition coefficient (Wildman–Crippen LogP) is 4.39. The minimum absolute atomic E-state index is 0.0473. The molecule has 2 atom stereocenters. The van der Waals surface area contributed by atoms with E-state index in [0.29, 0.717) is 18.0 Å². The van der Waals surface area contributed by atoms with Crippen LogP contribution in [-0.2, 0) is 35.7 Å². The van der Waals surface area contributed by atoms with Crippen molar-refractivity contribution < 1.29 is 33.0 Å². The van der Waals surface area contributed by atoms with Gasteiger partial charge in [0, 0.05) is 30.8 Å². The first-order chi connectivity index (χ1) is 19.9. The zero-order valence-corrected chi connectivity index (χ0v) is 23.6. The van der Waals surface area contributed by atoms with Crippen molar-refractivity contribution in [3.63, 3.8) is 0 Å². The Labute approximate surface area is 241 Å². The molecular weight excluding hydrogens is 550 g/mol. The number of alkyl carbamates (subject to hydrolysis) is 1. The molecule has 0 aliphatic carbocycles. The summed E-state index contributed by atoms with van der Waals surface area (Å²) >= 11 is 1.37. The number of aliphatic hydroxyl groups is 1. The van der Waals surface area contributed by atoms with E-state index in [-0.39, 0.29) is 32.2 Å². The fraction of sp³-hybridized carbons (Fsp3) is 0.357. The number of nitrogens with one attached hydrogen (secondary N) is 2. The normalized spacial score (nSPS) is 12.7. The maximum atomic E-state index is 12.7. The van der Waals surface area contributed by atoms with Crippen molar-refractivity contribution in [3.8, 4) is 0 Å². The highest BCUT2D eigenvalue weighted by molar-refractivity contribution is 7.09. The van der Waals surface area contributed by atoms with E-state index in [4.69, 9.17) is 18.3 Å². The molecule has 1 aromatic carbocycles. The van der Waals surface area contributed by atoms with Crippen LogP contribution in [0.2, 0.25) is 0 Å². The zero-order valence-electron chi connectivity index (χ0n) is 22.8. The number of carbonyl (C=O) groups excluding carboxylic acids is 2. The predicted molar refractivity (Wildman–Crippen MR) is 148 cm³/mol. The van der Waals surface area contributed by atoms with Crippen molar-refractivity contribution in [1.29, 1.82) is 0 Å². The number of nitrogens with zero attached hydrogens (tertiary/aromatic N) is 3. The van der Waals surface area contributed by atoms with Gasteiger partial charge in [0.05, 0.1) is 35.1 Å². The number of hydrogen-bond donors (Lipinski definition) is 3. The minimum Gasteiger partial charge on any atom is -0.472 e. The molecule has 41 heavy (non-hydrogen) atoms. The number of oxazole rings is 1. The quantitative estimate of drug-likeness (QED) is 0.182. The van der Waals surface area contributed by atoms with E-state index in [1.165, 1.54) is 35.1 Å². The van der Waals surface area contributed by atoms with Gasteiger partial charge in [-0.2, -0.15) is 0 Å². The monoisotopic (exact) mass is 583 g/mol. The zero-order chi connectivity index (χ0) is 29.0. The van der Waals surface area contributed by atoms with Crippen LogP contribution >= 0.6 is 11.3 Å². The molecule has 13 heteroatoms. The molecule has 0 saturated carbocycles. The molecule has 3 N–H and O–H groups in total. The van der Waals surface area contributed by atoms with Crippen LogP contribution in [0.15, 0.2) is 75.7 Å². The Hall–Kier alpha value is -4.20. The van der Waals surface area contributed by atoms with E-state index >= 15 is 0 Å². The Morgan fingerprint density at radius 1 is 1.07 bits per heavy atom. The Kier molecular flexibility index (Phi) is 10.9. The summed E-state index contributed by atoms with van der Waals surface area (Å²) in [4.78, 5) is 34.4. The van der Waals surface area contributed by atoms with Gasteiger partial charge in [-0.1, -0.05) is 44.2 Å². The highest BCUT2D eigenvalue weighted by atomic mass is 32.1. The molecule has 4 aromatic rings. The average Bonchev–Trinajstić information content (AvgIpc) is 3.74. The summed E-state index contributed by atoms with van der Waals surface area (Å²) in [7, 11) is 0. The van der Waals surface area contributed by atoms with Gasteiger partial charge < -0.3 is 28.7 Å². The lowest BCUT2D eigenvalue weighted by Crippen LogP contribution is -2.53. The summed E-state index contributed by atoms with van der Waals surface area (Å²) < 4.78 is 21.2. The van der Waals surface area contributed by atoms with E-state index in [1.807, 2.05) is 44.2 Å². The minimum atomic E-state index is -1.11. The van der Waals surface area contributed by atoms with Crippen LogP contribution in [0.25, 0.3) is 0 Å². The number of ether oxygens (including phenoxy) is 2. The molecule has 2 amide bonds. The van der Waals surface area contributed by atoms with Crippen LogP contribution < -0.4 is 10.7 Å². The number of aliphatic hydroxyl groups excluding tert-OH is 1. The van der Waals surface area contributed by atoms with Gasteiger partial charge in [-0.25, -0.2) is 19.6 Å². The number of hydrogen-bond acceptors (Lipinski definition) is 11. The molecule has 0 aliphatic rings. The van der Waals surface area contributed by atoms with Gasteiger partial charge in [-0.3, -0.25) is 10.4 Å². The lowest BCUT2D eigenvalue weighted by atomic mass is 10.0. The maximum absolute atomic E-state index is 12.7. The van der Waals surface area contributed by atoms with Crippen LogP contribution in [0.1, 0.15) is 47.4 Å². The SMILES string of the molecule is CC(C)c1nc(COC(=O)NN(Cc2ccoc2)C[C@H](O)[C@H](Cc2ccccc2)NC(=O)OCc2cncs2)co1. The average molecular weight is 584 g/mol. The van der Waals surface area contributed by atoms with E-state index in [1.54, 1.807) is 17.8 Å². The van der Waals surface area contributed by atoms with E-state index in [2.05, 4.69) is 20.7 Å². The highest BCUT2D eigenvalue weighted by Crippen LogP contribution is 2.14. The summed E-state index contributed by atoms with van der Waals surface area (Å²) in [5.41, 5.74) is 6.46. The van der Waals surface area contributed by atoms with Crippen LogP contribution in [-0.4, -0.2) is 51.0 Å². The summed E-state index contributed by atoms with van der Waals surface area (Å²) in [6.45, 7) is 4.03. The molecule has 0 bridgehead atoms. The summed E-state index contributed by atoms with van der Waals surface area (Å²) in [6.07, 6.45) is 3.91. The van der Waals surface area contributed by atoms with Gasteiger partial charge in [0.2, 0.25) is 0 Å². The first-order valence-electron chi connectivity index (χ1n) is 13.0. The third-order valence-corrected chi connectivity index (χ3v) is 6.67. The first-order valence-corrected chi connectivity index (χ1v) is 13.9. The van der Waals surface area contributed by atoms with E-state index in [9.17, 15) is 14.7 Å². The van der Waals surface area contributed by atoms with Crippen LogP contribution in [0, 0.1) is 0 Å². The molecular formula is C28H33N5O7S. The third kappa shape index (κ3) is 9.74. The standard InChI is InChI=1S/C28H33N5O7S/c1-19(2)26-30-22(15-38-26)16-39-28(36)32-33(12-21-8-9-37-14-21)13-25(34)24(10-20-6-4-3-5-7-20)31-27(35)40-17-23-11-29-18-41-23/h3-9,11,14-15,18-19,24-25,34H,10,12-13,16-17H2,1-2H3,(H,31,35)(H,32,36)/t24-,25-/m0/s1. The second kappa shape index (κ2) is 15.0. The van der Waals surface area contributed by atoms with Gasteiger partial charge in [0.1, 0.15) is 25.2 Å². The maximum Gasteiger partial charge on any atom is 0.422 e. The number of amides is 2. The number of aromatic nitrogens is 2. The van der Waals surface area contributed by atoms with Crippen molar-refractivity contribution in [2.24, 2.45) is 0 Å². The lowest BCUT2D eigenvalue weighted by Gasteiger charge is -2.29. The number of benzene rings is 1. The second-order valence-corrected chi connectivity index (χ2v) is 10.6. The molecule has 0 aliphatic heterocycles. The van der Waals surface area contributed by atoms with E-state index < -0.39 is 24.3 Å². The fourth-order valence-corrected chi connectivity index (χ4v) is 4.36. The van der Waals surface area contributed by atoms with Crippen LogP contribution in [0.4, 0.5) is 9.59 Å². The van der Waals surface area contributed by atoms with Crippen molar-refractivity contribution in [3.05, 3.63) is 94.5 Å². The first kappa shape index (κ1) is 29.8. The Morgan fingerprint density at radius 2 is 1.88 bits per heavy atom. The van der Waals surface area contributed by atoms with Gasteiger partial charge in [0.25, 0.3) is 0 Å². The largest absolute Gasteiger partial charge is 0.472 e. The number of thiazole rings is 1. The molecule has 3 aromatic heterocycles. The Morgan fingerprint density at radius 3 is 2.56 bits per heavy atom. The summed E-state index contributed by atoms with van der Waals surface area (Å²) in [5.74, 6) is 0.656. The van der Waals surface area contributed by atoms with Crippen LogP contribution in [0.5, 0.6) is 0 Å². The Bertz CT molecular complexity index is 1330. The lowest BCUT2D eigenvalue weighted by molar-refractivity contribution is 0.0401. The van der Waals surface area contributed by atoms with Gasteiger partial charge in [0.15, 0.2) is 5.89 Å². The highest BCUT2D eigenvalue weighted by Gasteiger charge is 2.26. The second-order valence-electron chi connectivity index (χ2n) is 9.58. The molecule has 12 nitrogen and oxygen atoms in total.